The number of benzene rings is 2. The Kier molecular flexibility index (Phi) is 7.57. The van der Waals surface area contributed by atoms with Gasteiger partial charge in [-0.15, -0.1) is 0 Å². The zero-order chi connectivity index (χ0) is 25.1. The second-order valence-corrected chi connectivity index (χ2v) is 11.2. The average molecular weight is 489 g/mol. The molecule has 2 aromatic carbocycles. The third-order valence-electron chi connectivity index (χ3n) is 4.91. The van der Waals surface area contributed by atoms with Crippen LogP contribution in [-0.4, -0.2) is 43.3 Å². The average Bonchev–Trinajstić information content (AvgIpc) is 2.76. The van der Waals surface area contributed by atoms with Crippen molar-refractivity contribution in [3.8, 4) is 22.6 Å². The predicted octanol–water partition coefficient (Wildman–Crippen LogP) is 4.27. The van der Waals surface area contributed by atoms with Crippen LogP contribution in [0.25, 0.3) is 16.8 Å². The molecule has 1 atom stereocenters. The Labute approximate surface area is 199 Å². The van der Waals surface area contributed by atoms with Crippen molar-refractivity contribution < 1.29 is 22.3 Å². The first kappa shape index (κ1) is 25.6. The molecular formula is C25H29FN2O5S. The molecule has 3 aromatic rings. The summed E-state index contributed by atoms with van der Waals surface area (Å²) in [5, 5.41) is 4.24. The van der Waals surface area contributed by atoms with E-state index < -0.39 is 21.2 Å². The van der Waals surface area contributed by atoms with Crippen molar-refractivity contribution in [2.45, 2.75) is 38.2 Å². The summed E-state index contributed by atoms with van der Waals surface area (Å²) in [7, 11) is -3.36. The van der Waals surface area contributed by atoms with Gasteiger partial charge in [-0.05, 0) is 62.7 Å². The van der Waals surface area contributed by atoms with Crippen molar-refractivity contribution in [2.24, 2.45) is 5.92 Å². The molecule has 0 aliphatic heterocycles. The molecule has 0 N–H and O–H groups in total. The summed E-state index contributed by atoms with van der Waals surface area (Å²) in [5.74, 6) is -0.371. The van der Waals surface area contributed by atoms with Crippen LogP contribution in [0.4, 0.5) is 4.39 Å². The number of sulfone groups is 1. The Bertz CT molecular complexity index is 1300. The molecule has 1 heterocycles. The van der Waals surface area contributed by atoms with Gasteiger partial charge in [0.1, 0.15) is 5.82 Å². The summed E-state index contributed by atoms with van der Waals surface area (Å²) in [6.07, 6.45) is 2.61. The molecule has 0 bridgehead atoms. The number of hydrogen-bond acceptors (Lipinski definition) is 6. The van der Waals surface area contributed by atoms with Gasteiger partial charge in [-0.2, -0.15) is 9.78 Å². The van der Waals surface area contributed by atoms with Crippen molar-refractivity contribution >= 4 is 9.84 Å². The summed E-state index contributed by atoms with van der Waals surface area (Å²) in [4.78, 5) is 13.5. The third kappa shape index (κ3) is 6.51. The summed E-state index contributed by atoms with van der Waals surface area (Å²) in [6.45, 7) is 8.49. The molecule has 0 amide bonds. The molecule has 1 aromatic heterocycles. The van der Waals surface area contributed by atoms with Gasteiger partial charge in [0.15, 0.2) is 15.6 Å². The van der Waals surface area contributed by atoms with Gasteiger partial charge >= 0.3 is 5.56 Å². The molecular weight excluding hydrogens is 459 g/mol. The Morgan fingerprint density at radius 2 is 1.65 bits per heavy atom. The molecule has 0 saturated carbocycles. The van der Waals surface area contributed by atoms with Crippen LogP contribution in [0.1, 0.15) is 27.7 Å². The van der Waals surface area contributed by atoms with Crippen LogP contribution in [0, 0.1) is 11.7 Å². The van der Waals surface area contributed by atoms with E-state index in [0.717, 1.165) is 10.9 Å². The zero-order valence-corrected chi connectivity index (χ0v) is 20.7. The van der Waals surface area contributed by atoms with E-state index in [0.29, 0.717) is 23.4 Å². The highest BCUT2D eigenvalue weighted by molar-refractivity contribution is 7.90. The maximum absolute atomic E-state index is 13.4. The molecule has 0 radical (unpaired) electrons. The van der Waals surface area contributed by atoms with Crippen molar-refractivity contribution in [2.75, 3.05) is 19.5 Å². The van der Waals surface area contributed by atoms with Gasteiger partial charge in [0.2, 0.25) is 0 Å². The first-order chi connectivity index (χ1) is 15.8. The minimum Gasteiger partial charge on any atom is -0.487 e. The van der Waals surface area contributed by atoms with Crippen molar-refractivity contribution in [3.63, 3.8) is 0 Å². The maximum atomic E-state index is 13.4. The fourth-order valence-corrected chi connectivity index (χ4v) is 3.73. The van der Waals surface area contributed by atoms with Crippen LogP contribution in [0.15, 0.2) is 64.4 Å². The highest BCUT2D eigenvalue weighted by atomic mass is 32.2. The monoisotopic (exact) mass is 488 g/mol. The van der Waals surface area contributed by atoms with Gasteiger partial charge in [-0.3, -0.25) is 4.79 Å². The summed E-state index contributed by atoms with van der Waals surface area (Å²) in [5.41, 5.74) is 0.580. The Morgan fingerprint density at radius 3 is 2.21 bits per heavy atom. The lowest BCUT2D eigenvalue weighted by molar-refractivity contribution is -0.0258. The van der Waals surface area contributed by atoms with Crippen LogP contribution < -0.4 is 10.3 Å². The second kappa shape index (κ2) is 10.1. The van der Waals surface area contributed by atoms with Crippen molar-refractivity contribution in [1.82, 2.24) is 9.78 Å². The molecule has 0 spiro atoms. The van der Waals surface area contributed by atoms with E-state index in [2.05, 4.69) is 5.10 Å². The van der Waals surface area contributed by atoms with Crippen molar-refractivity contribution in [3.05, 3.63) is 70.9 Å². The SMILES string of the molecule is CC(COc1c(-c2ccc(S(C)(=O)=O)cc2)cnn(-c2ccc(F)cc2)c1=O)COC(C)(C)C. The number of hydrogen-bond donors (Lipinski definition) is 0. The van der Waals surface area contributed by atoms with Gasteiger partial charge in [0, 0.05) is 17.7 Å². The Hall–Kier alpha value is -3.04. The summed E-state index contributed by atoms with van der Waals surface area (Å²) >= 11 is 0. The molecule has 9 heteroatoms. The summed E-state index contributed by atoms with van der Waals surface area (Å²) in [6, 6.07) is 11.5. The van der Waals surface area contributed by atoms with Gasteiger partial charge < -0.3 is 9.47 Å². The van der Waals surface area contributed by atoms with E-state index in [1.165, 1.54) is 42.6 Å². The van der Waals surface area contributed by atoms with Crippen LogP contribution in [0.3, 0.4) is 0 Å². The molecule has 0 fully saturated rings. The lowest BCUT2D eigenvalue weighted by Gasteiger charge is -2.23. The quantitative estimate of drug-likeness (QED) is 0.471. The fraction of sp³-hybridized carbons (Fsp3) is 0.360. The van der Waals surface area contributed by atoms with Crippen LogP contribution >= 0.6 is 0 Å². The second-order valence-electron chi connectivity index (χ2n) is 9.22. The van der Waals surface area contributed by atoms with Crippen LogP contribution in [0.5, 0.6) is 5.75 Å². The van der Waals surface area contributed by atoms with E-state index in [-0.39, 0.29) is 28.8 Å². The largest absolute Gasteiger partial charge is 0.487 e. The minimum absolute atomic E-state index is 0.00785. The molecule has 3 rings (SSSR count). The Balaban J connectivity index is 2.00. The smallest absolute Gasteiger partial charge is 0.314 e. The minimum atomic E-state index is -3.36. The van der Waals surface area contributed by atoms with Crippen molar-refractivity contribution in [1.29, 1.82) is 0 Å². The zero-order valence-electron chi connectivity index (χ0n) is 19.9. The Morgan fingerprint density at radius 1 is 1.03 bits per heavy atom. The van der Waals surface area contributed by atoms with E-state index >= 15 is 0 Å². The number of nitrogens with zero attached hydrogens (tertiary/aromatic N) is 2. The van der Waals surface area contributed by atoms with E-state index in [4.69, 9.17) is 9.47 Å². The number of ether oxygens (including phenoxy) is 2. The third-order valence-corrected chi connectivity index (χ3v) is 6.04. The predicted molar refractivity (Wildman–Crippen MR) is 129 cm³/mol. The molecule has 0 aliphatic rings. The fourth-order valence-electron chi connectivity index (χ4n) is 3.10. The number of halogens is 1. The highest BCUT2D eigenvalue weighted by Gasteiger charge is 2.19. The van der Waals surface area contributed by atoms with Crippen LogP contribution in [0.2, 0.25) is 0 Å². The molecule has 34 heavy (non-hydrogen) atoms. The molecule has 0 saturated heterocycles. The normalized spacial score (nSPS) is 13.0. The lowest BCUT2D eigenvalue weighted by atomic mass is 10.1. The standard InChI is InChI=1S/C25H29FN2O5S/c1-17(16-33-25(2,3)4)15-32-23-22(18-6-12-21(13-7-18)34(5,30)31)14-27-28(24(23)29)20-10-8-19(26)9-11-20/h6-14,17H,15-16H2,1-5H3. The first-order valence-corrected chi connectivity index (χ1v) is 12.7. The van der Waals surface area contributed by atoms with Crippen LogP contribution in [-0.2, 0) is 14.6 Å². The highest BCUT2D eigenvalue weighted by Crippen LogP contribution is 2.28. The first-order valence-electron chi connectivity index (χ1n) is 10.8. The van der Waals surface area contributed by atoms with E-state index in [1.807, 2.05) is 27.7 Å². The van der Waals surface area contributed by atoms with Gasteiger partial charge in [0.05, 0.1) is 35.6 Å². The molecule has 1 unspecified atom stereocenters. The number of rotatable bonds is 8. The maximum Gasteiger partial charge on any atom is 0.314 e. The van der Waals surface area contributed by atoms with Gasteiger partial charge in [0.25, 0.3) is 0 Å². The molecule has 7 nitrogen and oxygen atoms in total. The lowest BCUT2D eigenvalue weighted by Crippen LogP contribution is -2.27. The summed E-state index contributed by atoms with van der Waals surface area (Å²) < 4.78 is 49.9. The topological polar surface area (TPSA) is 87.5 Å². The molecule has 0 aliphatic carbocycles. The number of aromatic nitrogens is 2. The molecule has 182 valence electrons. The van der Waals surface area contributed by atoms with Gasteiger partial charge in [-0.25, -0.2) is 12.8 Å². The van der Waals surface area contributed by atoms with E-state index in [1.54, 1.807) is 12.1 Å². The van der Waals surface area contributed by atoms with E-state index in [9.17, 15) is 17.6 Å². The van der Waals surface area contributed by atoms with Gasteiger partial charge in [-0.1, -0.05) is 19.1 Å².